The SMILES string of the molecule is c1ccc(-c2c3ccccc3c(-c3ccccc3)c3cc(-c4ccc(-c5ccc(-c6ccc7ccccc7c6)nc5-c5ccc6ccccc6c5)cc4)ccc23)cc1. The lowest BCUT2D eigenvalue weighted by Crippen LogP contribution is -1.94. The zero-order valence-electron chi connectivity index (χ0n) is 31.8. The summed E-state index contributed by atoms with van der Waals surface area (Å²) in [6.45, 7) is 0. The molecule has 270 valence electrons. The molecule has 11 aromatic rings. The summed E-state index contributed by atoms with van der Waals surface area (Å²) in [7, 11) is 0. The van der Waals surface area contributed by atoms with Crippen LogP contribution in [-0.2, 0) is 0 Å². The van der Waals surface area contributed by atoms with Gasteiger partial charge in [0.2, 0.25) is 0 Å². The van der Waals surface area contributed by atoms with Crippen LogP contribution in [0.5, 0.6) is 0 Å². The maximum Gasteiger partial charge on any atom is 0.0788 e. The highest BCUT2D eigenvalue weighted by molar-refractivity contribution is 6.22. The molecule has 0 amide bonds. The van der Waals surface area contributed by atoms with Gasteiger partial charge in [0.25, 0.3) is 0 Å². The molecule has 10 aromatic carbocycles. The van der Waals surface area contributed by atoms with Crippen LogP contribution in [0.1, 0.15) is 0 Å². The quantitative estimate of drug-likeness (QED) is 0.155. The Balaban J connectivity index is 1.05. The van der Waals surface area contributed by atoms with E-state index in [1.165, 1.54) is 76.5 Å². The van der Waals surface area contributed by atoms with Gasteiger partial charge in [0, 0.05) is 16.7 Å². The van der Waals surface area contributed by atoms with Gasteiger partial charge in [0.1, 0.15) is 0 Å². The lowest BCUT2D eigenvalue weighted by atomic mass is 9.85. The van der Waals surface area contributed by atoms with Crippen LogP contribution in [-0.4, -0.2) is 4.98 Å². The molecule has 1 heterocycles. The lowest BCUT2D eigenvalue weighted by Gasteiger charge is -2.19. The molecule has 1 aromatic heterocycles. The molecular weight excluding hydrogens is 699 g/mol. The Hall–Kier alpha value is -7.61. The lowest BCUT2D eigenvalue weighted by molar-refractivity contribution is 1.33. The summed E-state index contributed by atoms with van der Waals surface area (Å²) in [4.78, 5) is 5.41. The molecule has 0 radical (unpaired) electrons. The highest BCUT2D eigenvalue weighted by atomic mass is 14.7. The highest BCUT2D eigenvalue weighted by Crippen LogP contribution is 2.45. The molecule has 1 nitrogen and oxygen atoms in total. The van der Waals surface area contributed by atoms with Crippen molar-refractivity contribution in [1.82, 2.24) is 4.98 Å². The Morgan fingerprint density at radius 2 is 0.707 bits per heavy atom. The minimum atomic E-state index is 0.960. The minimum absolute atomic E-state index is 0.960. The molecule has 0 saturated carbocycles. The average molecular weight is 736 g/mol. The fraction of sp³-hybridized carbons (Fsp3) is 0. The van der Waals surface area contributed by atoms with Crippen LogP contribution in [0, 0.1) is 0 Å². The first-order valence-corrected chi connectivity index (χ1v) is 19.9. The number of pyridine rings is 1. The third-order valence-electron chi connectivity index (χ3n) is 11.6. The molecule has 0 atom stereocenters. The number of benzene rings is 10. The van der Waals surface area contributed by atoms with Crippen LogP contribution in [0.2, 0.25) is 0 Å². The Morgan fingerprint density at radius 1 is 0.241 bits per heavy atom. The predicted molar refractivity (Wildman–Crippen MR) is 247 cm³/mol. The van der Waals surface area contributed by atoms with Crippen LogP contribution in [0.4, 0.5) is 0 Å². The van der Waals surface area contributed by atoms with Crippen LogP contribution in [0.15, 0.2) is 224 Å². The van der Waals surface area contributed by atoms with Crippen LogP contribution >= 0.6 is 0 Å². The molecule has 58 heavy (non-hydrogen) atoms. The number of hydrogen-bond donors (Lipinski definition) is 0. The third kappa shape index (κ3) is 5.93. The summed E-state index contributed by atoms with van der Waals surface area (Å²) in [6, 6.07) is 81.3. The van der Waals surface area contributed by atoms with Crippen molar-refractivity contribution >= 4 is 43.1 Å². The molecule has 11 rings (SSSR count). The minimum Gasteiger partial charge on any atom is -0.247 e. The number of nitrogens with zero attached hydrogens (tertiary/aromatic N) is 1. The Bertz CT molecular complexity index is 3310. The maximum absolute atomic E-state index is 5.41. The number of rotatable bonds is 6. The van der Waals surface area contributed by atoms with Crippen molar-refractivity contribution in [3.05, 3.63) is 224 Å². The highest BCUT2D eigenvalue weighted by Gasteiger charge is 2.18. The summed E-state index contributed by atoms with van der Waals surface area (Å²) < 4.78 is 0. The molecule has 0 N–H and O–H groups in total. The topological polar surface area (TPSA) is 12.9 Å². The van der Waals surface area contributed by atoms with Crippen molar-refractivity contribution in [3.8, 4) is 67.0 Å². The Labute approximate surface area is 338 Å². The molecule has 0 aliphatic carbocycles. The first kappa shape index (κ1) is 33.7. The molecule has 1 heteroatoms. The van der Waals surface area contributed by atoms with Crippen LogP contribution in [0.3, 0.4) is 0 Å². The van der Waals surface area contributed by atoms with E-state index in [4.69, 9.17) is 4.98 Å². The van der Waals surface area contributed by atoms with Crippen molar-refractivity contribution in [3.63, 3.8) is 0 Å². The van der Waals surface area contributed by atoms with Gasteiger partial charge < -0.3 is 0 Å². The van der Waals surface area contributed by atoms with Crippen molar-refractivity contribution in [2.45, 2.75) is 0 Å². The van der Waals surface area contributed by atoms with Crippen molar-refractivity contribution in [2.75, 3.05) is 0 Å². The molecule has 0 bridgehead atoms. The average Bonchev–Trinajstić information content (AvgIpc) is 3.30. The van der Waals surface area contributed by atoms with Crippen molar-refractivity contribution in [2.24, 2.45) is 0 Å². The summed E-state index contributed by atoms with van der Waals surface area (Å²) in [6.07, 6.45) is 0. The molecule has 0 saturated heterocycles. The zero-order valence-corrected chi connectivity index (χ0v) is 31.8. The summed E-state index contributed by atoms with van der Waals surface area (Å²) in [5.41, 5.74) is 13.7. The normalized spacial score (nSPS) is 11.4. The molecule has 0 spiro atoms. The van der Waals surface area contributed by atoms with Gasteiger partial charge in [-0.1, -0.05) is 200 Å². The molecule has 0 fully saturated rings. The van der Waals surface area contributed by atoms with Crippen molar-refractivity contribution < 1.29 is 0 Å². The van der Waals surface area contributed by atoms with E-state index >= 15 is 0 Å². The van der Waals surface area contributed by atoms with Gasteiger partial charge in [-0.3, -0.25) is 0 Å². The fourth-order valence-corrected chi connectivity index (χ4v) is 8.79. The van der Waals surface area contributed by atoms with Crippen LogP contribution in [0.25, 0.3) is 110 Å². The van der Waals surface area contributed by atoms with E-state index in [2.05, 4.69) is 224 Å². The van der Waals surface area contributed by atoms with E-state index in [0.717, 1.165) is 33.6 Å². The largest absolute Gasteiger partial charge is 0.247 e. The van der Waals surface area contributed by atoms with Gasteiger partial charge >= 0.3 is 0 Å². The van der Waals surface area contributed by atoms with Crippen LogP contribution < -0.4 is 0 Å². The predicted octanol–water partition coefficient (Wildman–Crippen LogP) is 15.7. The van der Waals surface area contributed by atoms with E-state index in [0.29, 0.717) is 0 Å². The van der Waals surface area contributed by atoms with E-state index in [9.17, 15) is 0 Å². The van der Waals surface area contributed by atoms with E-state index in [-0.39, 0.29) is 0 Å². The molecule has 0 unspecified atom stereocenters. The summed E-state index contributed by atoms with van der Waals surface area (Å²) in [5.74, 6) is 0. The second-order valence-corrected chi connectivity index (χ2v) is 15.1. The van der Waals surface area contributed by atoms with E-state index in [1.54, 1.807) is 0 Å². The van der Waals surface area contributed by atoms with Gasteiger partial charge in [0.05, 0.1) is 11.4 Å². The summed E-state index contributed by atoms with van der Waals surface area (Å²) in [5, 5.41) is 9.88. The number of aromatic nitrogens is 1. The first-order chi connectivity index (χ1) is 28.7. The molecular formula is C57H37N. The molecule has 0 aliphatic heterocycles. The Kier molecular flexibility index (Phi) is 8.23. The van der Waals surface area contributed by atoms with Gasteiger partial charge in [-0.25, -0.2) is 4.98 Å². The second-order valence-electron chi connectivity index (χ2n) is 15.1. The first-order valence-electron chi connectivity index (χ1n) is 19.9. The van der Waals surface area contributed by atoms with Gasteiger partial charge in [0.15, 0.2) is 0 Å². The number of fused-ring (bicyclic) bond motifs is 4. The second kappa shape index (κ2) is 14.2. The molecule has 0 aliphatic rings. The monoisotopic (exact) mass is 735 g/mol. The van der Waals surface area contributed by atoms with Gasteiger partial charge in [-0.15, -0.1) is 0 Å². The third-order valence-corrected chi connectivity index (χ3v) is 11.6. The fourth-order valence-electron chi connectivity index (χ4n) is 8.79. The number of hydrogen-bond acceptors (Lipinski definition) is 1. The van der Waals surface area contributed by atoms with Gasteiger partial charge in [-0.2, -0.15) is 0 Å². The standard InChI is InChI=1S/C57H37N/c1-3-15-42(16-4-1)55-50-21-11-12-22-51(50)56(43-17-5-2-6-18-43)53-37-46(31-32-52(53)55)40-23-27-41(28-24-40)49-33-34-54(47-29-25-38-13-7-9-19-44(38)35-47)58-57(49)48-30-26-39-14-8-10-20-45(39)36-48/h1-37H. The van der Waals surface area contributed by atoms with E-state index < -0.39 is 0 Å². The van der Waals surface area contributed by atoms with E-state index in [1.807, 2.05) is 0 Å². The smallest absolute Gasteiger partial charge is 0.0788 e. The van der Waals surface area contributed by atoms with Crippen molar-refractivity contribution in [1.29, 1.82) is 0 Å². The summed E-state index contributed by atoms with van der Waals surface area (Å²) >= 11 is 0. The Morgan fingerprint density at radius 3 is 1.34 bits per heavy atom. The maximum atomic E-state index is 5.41. The van der Waals surface area contributed by atoms with Gasteiger partial charge in [-0.05, 0) is 106 Å². The zero-order chi connectivity index (χ0) is 38.4.